The molecule has 0 unspecified atom stereocenters. The predicted octanol–water partition coefficient (Wildman–Crippen LogP) is 4.24. The summed E-state index contributed by atoms with van der Waals surface area (Å²) in [5, 5.41) is 5.94. The summed E-state index contributed by atoms with van der Waals surface area (Å²) in [7, 11) is 1.55. The van der Waals surface area contributed by atoms with Gasteiger partial charge in [0.25, 0.3) is 5.91 Å². The van der Waals surface area contributed by atoms with Crippen molar-refractivity contribution in [2.24, 2.45) is 0 Å². The van der Waals surface area contributed by atoms with Crippen molar-refractivity contribution in [1.82, 2.24) is 9.97 Å². The number of carbonyl (C=O) groups is 1. The van der Waals surface area contributed by atoms with Gasteiger partial charge in [0, 0.05) is 10.5 Å². The second-order valence-corrected chi connectivity index (χ2v) is 5.90. The lowest BCUT2D eigenvalue weighted by molar-refractivity contribution is 0.102. The molecule has 0 fully saturated rings. The van der Waals surface area contributed by atoms with Crippen LogP contribution in [0.2, 0.25) is 0 Å². The van der Waals surface area contributed by atoms with Crippen LogP contribution in [0, 0.1) is 0 Å². The Kier molecular flexibility index (Phi) is 5.25. The summed E-state index contributed by atoms with van der Waals surface area (Å²) >= 11 is 3.46. The van der Waals surface area contributed by atoms with Gasteiger partial charge in [0.1, 0.15) is 23.6 Å². The van der Waals surface area contributed by atoms with Gasteiger partial charge >= 0.3 is 0 Å². The van der Waals surface area contributed by atoms with E-state index < -0.39 is 0 Å². The number of hydrogen-bond acceptors (Lipinski definition) is 5. The van der Waals surface area contributed by atoms with Crippen LogP contribution in [0.15, 0.2) is 65.4 Å². The van der Waals surface area contributed by atoms with Crippen LogP contribution >= 0.6 is 15.9 Å². The molecule has 7 heteroatoms. The Hall–Kier alpha value is -2.93. The maximum atomic E-state index is 12.5. The first-order chi connectivity index (χ1) is 12.2. The molecule has 2 N–H and O–H groups in total. The number of amides is 1. The summed E-state index contributed by atoms with van der Waals surface area (Å²) in [6, 6.07) is 16.4. The lowest BCUT2D eigenvalue weighted by Gasteiger charge is -2.10. The minimum absolute atomic E-state index is 0.246. The molecule has 2 aromatic carbocycles. The molecular formula is C18H15BrN4O2. The highest BCUT2D eigenvalue weighted by Gasteiger charge is 2.12. The maximum absolute atomic E-state index is 12.5. The molecule has 3 rings (SSSR count). The molecule has 1 amide bonds. The molecule has 0 aliphatic rings. The fourth-order valence-electron chi connectivity index (χ4n) is 2.18. The number of nitrogens with one attached hydrogen (secondary N) is 2. The number of halogens is 1. The Morgan fingerprint density at radius 3 is 2.52 bits per heavy atom. The van der Waals surface area contributed by atoms with Crippen LogP contribution in [0.4, 0.5) is 17.2 Å². The zero-order chi connectivity index (χ0) is 17.6. The Bertz CT molecular complexity index is 902. The Morgan fingerprint density at radius 1 is 1.04 bits per heavy atom. The number of hydrogen-bond donors (Lipinski definition) is 2. The standard InChI is InChI=1S/C18H15BrN4O2/c1-25-16-9-5-4-8-14(16)23-18(24)15-10-17(21-11-20-15)22-13-7-3-2-6-12(13)19/h2-11H,1H3,(H,23,24)(H,20,21,22). The highest BCUT2D eigenvalue weighted by molar-refractivity contribution is 9.10. The number of nitrogens with zero attached hydrogens (tertiary/aromatic N) is 2. The van der Waals surface area contributed by atoms with Crippen molar-refractivity contribution < 1.29 is 9.53 Å². The van der Waals surface area contributed by atoms with Crippen LogP contribution in [-0.2, 0) is 0 Å². The number of carbonyl (C=O) groups excluding carboxylic acids is 1. The summed E-state index contributed by atoms with van der Waals surface area (Å²) in [6.07, 6.45) is 1.34. The van der Waals surface area contributed by atoms with Crippen LogP contribution in [0.5, 0.6) is 5.75 Å². The van der Waals surface area contributed by atoms with Gasteiger partial charge in [0.05, 0.1) is 18.5 Å². The molecule has 0 aliphatic carbocycles. The van der Waals surface area contributed by atoms with Gasteiger partial charge in [-0.2, -0.15) is 0 Å². The smallest absolute Gasteiger partial charge is 0.274 e. The normalized spacial score (nSPS) is 10.2. The third-order valence-corrected chi connectivity index (χ3v) is 4.08. The lowest BCUT2D eigenvalue weighted by Crippen LogP contribution is -2.15. The molecule has 0 saturated carbocycles. The lowest BCUT2D eigenvalue weighted by atomic mass is 10.2. The average Bonchev–Trinajstić information content (AvgIpc) is 2.64. The Balaban J connectivity index is 1.79. The molecule has 0 atom stereocenters. The van der Waals surface area contributed by atoms with Crippen LogP contribution in [0.3, 0.4) is 0 Å². The van der Waals surface area contributed by atoms with Crippen molar-refractivity contribution >= 4 is 39.0 Å². The van der Waals surface area contributed by atoms with E-state index in [1.807, 2.05) is 36.4 Å². The molecule has 0 bridgehead atoms. The molecule has 0 spiro atoms. The van der Waals surface area contributed by atoms with Crippen LogP contribution < -0.4 is 15.4 Å². The van der Waals surface area contributed by atoms with Gasteiger partial charge in [0.15, 0.2) is 0 Å². The van der Waals surface area contributed by atoms with E-state index in [1.165, 1.54) is 6.33 Å². The van der Waals surface area contributed by atoms with E-state index in [4.69, 9.17) is 4.74 Å². The Morgan fingerprint density at radius 2 is 1.76 bits per heavy atom. The second kappa shape index (κ2) is 7.76. The third-order valence-electron chi connectivity index (χ3n) is 3.39. The highest BCUT2D eigenvalue weighted by Crippen LogP contribution is 2.25. The number of rotatable bonds is 5. The average molecular weight is 399 g/mol. The van der Waals surface area contributed by atoms with Crippen LogP contribution in [0.1, 0.15) is 10.5 Å². The maximum Gasteiger partial charge on any atom is 0.274 e. The van der Waals surface area contributed by atoms with Crippen LogP contribution in [-0.4, -0.2) is 23.0 Å². The number of benzene rings is 2. The van der Waals surface area contributed by atoms with Crippen molar-refractivity contribution in [3.8, 4) is 5.75 Å². The topological polar surface area (TPSA) is 76.1 Å². The van der Waals surface area contributed by atoms with Gasteiger partial charge < -0.3 is 15.4 Å². The van der Waals surface area contributed by atoms with Crippen LogP contribution in [0.25, 0.3) is 0 Å². The van der Waals surface area contributed by atoms with Crippen molar-refractivity contribution in [1.29, 1.82) is 0 Å². The number of methoxy groups -OCH3 is 1. The second-order valence-electron chi connectivity index (χ2n) is 5.05. The SMILES string of the molecule is COc1ccccc1NC(=O)c1cc(Nc2ccccc2Br)ncn1. The highest BCUT2D eigenvalue weighted by atomic mass is 79.9. The molecule has 1 aromatic heterocycles. The summed E-state index contributed by atoms with van der Waals surface area (Å²) in [6.45, 7) is 0. The monoisotopic (exact) mass is 398 g/mol. The van der Waals surface area contributed by atoms with E-state index in [0.29, 0.717) is 17.3 Å². The molecule has 6 nitrogen and oxygen atoms in total. The van der Waals surface area contributed by atoms with E-state index in [-0.39, 0.29) is 11.6 Å². The minimum Gasteiger partial charge on any atom is -0.495 e. The van der Waals surface area contributed by atoms with Crippen molar-refractivity contribution in [2.45, 2.75) is 0 Å². The van der Waals surface area contributed by atoms with Crippen molar-refractivity contribution in [3.63, 3.8) is 0 Å². The van der Waals surface area contributed by atoms with Gasteiger partial charge in [-0.1, -0.05) is 24.3 Å². The van der Waals surface area contributed by atoms with E-state index in [9.17, 15) is 4.79 Å². The first-order valence-electron chi connectivity index (χ1n) is 7.45. The number of ether oxygens (including phenoxy) is 1. The van der Waals surface area contributed by atoms with Crippen molar-refractivity contribution in [3.05, 3.63) is 71.1 Å². The fourth-order valence-corrected chi connectivity index (χ4v) is 2.57. The minimum atomic E-state index is -0.345. The zero-order valence-corrected chi connectivity index (χ0v) is 14.9. The third kappa shape index (κ3) is 4.13. The Labute approximate surface area is 153 Å². The number of para-hydroxylation sites is 3. The quantitative estimate of drug-likeness (QED) is 0.671. The van der Waals surface area contributed by atoms with E-state index >= 15 is 0 Å². The molecule has 0 saturated heterocycles. The van der Waals surface area contributed by atoms with Gasteiger partial charge in [-0.3, -0.25) is 4.79 Å². The van der Waals surface area contributed by atoms with Crippen molar-refractivity contribution in [2.75, 3.05) is 17.7 Å². The van der Waals surface area contributed by atoms with Gasteiger partial charge in [-0.05, 0) is 40.2 Å². The molecule has 126 valence electrons. The summed E-state index contributed by atoms with van der Waals surface area (Å²) in [4.78, 5) is 20.7. The number of anilines is 3. The largest absolute Gasteiger partial charge is 0.495 e. The molecule has 25 heavy (non-hydrogen) atoms. The van der Waals surface area contributed by atoms with Gasteiger partial charge in [0.2, 0.25) is 0 Å². The molecule has 0 radical (unpaired) electrons. The van der Waals surface area contributed by atoms with Gasteiger partial charge in [-0.15, -0.1) is 0 Å². The van der Waals surface area contributed by atoms with E-state index in [1.54, 1.807) is 25.3 Å². The zero-order valence-electron chi connectivity index (χ0n) is 13.4. The van der Waals surface area contributed by atoms with E-state index in [0.717, 1.165) is 10.2 Å². The molecule has 0 aliphatic heterocycles. The summed E-state index contributed by atoms with van der Waals surface area (Å²) < 4.78 is 6.13. The molecule has 1 heterocycles. The number of aromatic nitrogens is 2. The first-order valence-corrected chi connectivity index (χ1v) is 8.24. The fraction of sp³-hybridized carbons (Fsp3) is 0.0556. The summed E-state index contributed by atoms with van der Waals surface area (Å²) in [5.41, 5.74) is 1.67. The first kappa shape index (κ1) is 16.9. The molecule has 3 aromatic rings. The van der Waals surface area contributed by atoms with E-state index in [2.05, 4.69) is 36.5 Å². The molecular weight excluding hydrogens is 384 g/mol. The van der Waals surface area contributed by atoms with Gasteiger partial charge in [-0.25, -0.2) is 9.97 Å². The summed E-state index contributed by atoms with van der Waals surface area (Å²) in [5.74, 6) is 0.755. The predicted molar refractivity (Wildman–Crippen MR) is 100 cm³/mol.